The fourth-order valence-electron chi connectivity index (χ4n) is 2.22. The molecule has 1 amide bonds. The summed E-state index contributed by atoms with van der Waals surface area (Å²) in [5.74, 6) is -1.17. The van der Waals surface area contributed by atoms with Crippen molar-refractivity contribution in [1.29, 1.82) is 0 Å². The predicted octanol–water partition coefficient (Wildman–Crippen LogP) is 1.65. The van der Waals surface area contributed by atoms with Crippen LogP contribution in [0, 0.1) is 5.92 Å². The first-order valence-electron chi connectivity index (χ1n) is 6.90. The van der Waals surface area contributed by atoms with Gasteiger partial charge in [-0.1, -0.05) is 32.0 Å². The number of nitrogens with one attached hydrogen (secondary N) is 1. The van der Waals surface area contributed by atoms with Gasteiger partial charge < -0.3 is 10.4 Å². The quantitative estimate of drug-likeness (QED) is 0.847. The van der Waals surface area contributed by atoms with Gasteiger partial charge in [-0.25, -0.2) is 4.79 Å². The molecule has 0 spiro atoms. The zero-order valence-electron chi connectivity index (χ0n) is 12.1. The van der Waals surface area contributed by atoms with Gasteiger partial charge in [0.05, 0.1) is 11.7 Å². The first kappa shape index (κ1) is 15.0. The van der Waals surface area contributed by atoms with E-state index in [2.05, 4.69) is 10.4 Å². The lowest BCUT2D eigenvalue weighted by molar-refractivity contribution is -0.142. The number of aliphatic carboxylic acids is 1. The van der Waals surface area contributed by atoms with Crippen LogP contribution in [0.2, 0.25) is 0 Å². The Labute approximate surface area is 122 Å². The van der Waals surface area contributed by atoms with Crippen LogP contribution in [0.4, 0.5) is 0 Å². The highest BCUT2D eigenvalue weighted by molar-refractivity contribution is 5.85. The summed E-state index contributed by atoms with van der Waals surface area (Å²) in [5, 5.41) is 16.8. The van der Waals surface area contributed by atoms with Crippen LogP contribution in [-0.4, -0.2) is 32.8 Å². The molecule has 0 unspecified atom stereocenters. The van der Waals surface area contributed by atoms with E-state index in [1.54, 1.807) is 10.9 Å². The fourth-order valence-corrected chi connectivity index (χ4v) is 2.22. The summed E-state index contributed by atoms with van der Waals surface area (Å²) in [6.45, 7) is 3.85. The highest BCUT2D eigenvalue weighted by Crippen LogP contribution is 2.12. The number of amides is 1. The summed E-state index contributed by atoms with van der Waals surface area (Å²) >= 11 is 0. The average Bonchev–Trinajstić information content (AvgIpc) is 2.81. The monoisotopic (exact) mass is 289 g/mol. The molecule has 1 atom stereocenters. The third kappa shape index (κ3) is 3.81. The standard InChI is InChI=1S/C15H19N3O3/c1-10(2)7-12(15(20)21)17-14(19)9-18-13-6-4-3-5-11(13)8-16-18/h3-6,8,10,12H,7,9H2,1-2H3,(H,17,19)(H,20,21)/t12-/m1/s1. The molecule has 6 nitrogen and oxygen atoms in total. The fraction of sp³-hybridized carbons (Fsp3) is 0.400. The minimum absolute atomic E-state index is 0.00931. The number of carboxylic acids is 1. The topological polar surface area (TPSA) is 84.2 Å². The van der Waals surface area contributed by atoms with E-state index in [-0.39, 0.29) is 18.4 Å². The number of carboxylic acid groups (broad SMARTS) is 1. The van der Waals surface area contributed by atoms with Crippen LogP contribution in [0.1, 0.15) is 20.3 Å². The Morgan fingerprint density at radius 1 is 1.33 bits per heavy atom. The van der Waals surface area contributed by atoms with E-state index in [0.29, 0.717) is 6.42 Å². The van der Waals surface area contributed by atoms with Crippen LogP contribution < -0.4 is 5.32 Å². The molecule has 0 radical (unpaired) electrons. The van der Waals surface area contributed by atoms with E-state index in [4.69, 9.17) is 5.11 Å². The second-order valence-electron chi connectivity index (χ2n) is 5.45. The second kappa shape index (κ2) is 6.39. The van der Waals surface area contributed by atoms with Crippen LogP contribution in [0.15, 0.2) is 30.5 Å². The molecule has 0 aliphatic carbocycles. The lowest BCUT2D eigenvalue weighted by atomic mass is 10.0. The van der Waals surface area contributed by atoms with Gasteiger partial charge >= 0.3 is 5.97 Å². The lowest BCUT2D eigenvalue weighted by Crippen LogP contribution is -2.43. The summed E-state index contributed by atoms with van der Waals surface area (Å²) in [4.78, 5) is 23.2. The maximum atomic E-state index is 12.0. The van der Waals surface area contributed by atoms with E-state index >= 15 is 0 Å². The Kier molecular flexibility index (Phi) is 4.57. The number of rotatable bonds is 6. The molecule has 0 aliphatic rings. The van der Waals surface area contributed by atoms with Gasteiger partial charge in [-0.2, -0.15) is 5.10 Å². The Bertz CT molecular complexity index is 648. The number of para-hydroxylation sites is 1. The molecule has 0 saturated heterocycles. The summed E-state index contributed by atoms with van der Waals surface area (Å²) in [6, 6.07) is 6.70. The van der Waals surface area contributed by atoms with Crippen LogP contribution in [0.3, 0.4) is 0 Å². The Hall–Kier alpha value is -2.37. The molecule has 0 aliphatic heterocycles. The third-order valence-corrected chi connectivity index (χ3v) is 3.18. The van der Waals surface area contributed by atoms with Crippen molar-refractivity contribution < 1.29 is 14.7 Å². The first-order valence-corrected chi connectivity index (χ1v) is 6.90. The maximum Gasteiger partial charge on any atom is 0.326 e. The molecule has 112 valence electrons. The van der Waals surface area contributed by atoms with Gasteiger partial charge in [0.15, 0.2) is 0 Å². The molecule has 2 rings (SSSR count). The molecule has 6 heteroatoms. The van der Waals surface area contributed by atoms with Crippen molar-refractivity contribution in [3.8, 4) is 0 Å². The first-order chi connectivity index (χ1) is 9.97. The summed E-state index contributed by atoms with van der Waals surface area (Å²) in [6.07, 6.45) is 2.09. The number of nitrogens with zero attached hydrogens (tertiary/aromatic N) is 2. The Morgan fingerprint density at radius 2 is 2.05 bits per heavy atom. The molecule has 0 saturated carbocycles. The Balaban J connectivity index is 2.05. The molecule has 0 bridgehead atoms. The van der Waals surface area contributed by atoms with Crippen LogP contribution >= 0.6 is 0 Å². The average molecular weight is 289 g/mol. The van der Waals surface area contributed by atoms with Gasteiger partial charge in [0.1, 0.15) is 12.6 Å². The molecular formula is C15H19N3O3. The largest absolute Gasteiger partial charge is 0.480 e. The van der Waals surface area contributed by atoms with Gasteiger partial charge in [0, 0.05) is 5.39 Å². The summed E-state index contributed by atoms with van der Waals surface area (Å²) in [5.41, 5.74) is 0.850. The SMILES string of the molecule is CC(C)C[C@@H](NC(=O)Cn1ncc2ccccc21)C(=O)O. The van der Waals surface area contributed by atoms with E-state index in [9.17, 15) is 9.59 Å². The smallest absolute Gasteiger partial charge is 0.326 e. The zero-order valence-corrected chi connectivity index (χ0v) is 12.1. The van der Waals surface area contributed by atoms with Gasteiger partial charge in [-0.3, -0.25) is 9.48 Å². The number of carbonyl (C=O) groups is 2. The van der Waals surface area contributed by atoms with Crippen molar-refractivity contribution in [2.24, 2.45) is 5.92 Å². The number of benzene rings is 1. The molecule has 2 aromatic rings. The molecular weight excluding hydrogens is 270 g/mol. The minimum Gasteiger partial charge on any atom is -0.480 e. The van der Waals surface area contributed by atoms with Crippen molar-refractivity contribution in [3.63, 3.8) is 0 Å². The highest BCUT2D eigenvalue weighted by Gasteiger charge is 2.21. The van der Waals surface area contributed by atoms with E-state index in [1.807, 2.05) is 38.1 Å². The number of hydrogen-bond donors (Lipinski definition) is 2. The van der Waals surface area contributed by atoms with Crippen LogP contribution in [0.25, 0.3) is 10.9 Å². The van der Waals surface area contributed by atoms with Crippen LogP contribution in [0.5, 0.6) is 0 Å². The number of hydrogen-bond acceptors (Lipinski definition) is 3. The van der Waals surface area contributed by atoms with Crippen molar-refractivity contribution in [2.75, 3.05) is 0 Å². The van der Waals surface area contributed by atoms with E-state index < -0.39 is 12.0 Å². The summed E-state index contributed by atoms with van der Waals surface area (Å²) in [7, 11) is 0. The number of carbonyl (C=O) groups excluding carboxylic acids is 1. The van der Waals surface area contributed by atoms with Crippen molar-refractivity contribution in [1.82, 2.24) is 15.1 Å². The van der Waals surface area contributed by atoms with Gasteiger partial charge in [-0.05, 0) is 18.4 Å². The van der Waals surface area contributed by atoms with Gasteiger partial charge in [0.2, 0.25) is 5.91 Å². The Morgan fingerprint density at radius 3 is 2.71 bits per heavy atom. The van der Waals surface area contributed by atoms with Gasteiger partial charge in [-0.15, -0.1) is 0 Å². The van der Waals surface area contributed by atoms with Gasteiger partial charge in [0.25, 0.3) is 0 Å². The van der Waals surface area contributed by atoms with Crippen molar-refractivity contribution in [3.05, 3.63) is 30.5 Å². The van der Waals surface area contributed by atoms with Crippen molar-refractivity contribution >= 4 is 22.8 Å². The number of aromatic nitrogens is 2. The molecule has 1 heterocycles. The molecule has 1 aromatic heterocycles. The molecule has 1 aromatic carbocycles. The van der Waals surface area contributed by atoms with Crippen molar-refractivity contribution in [2.45, 2.75) is 32.9 Å². The zero-order chi connectivity index (χ0) is 15.4. The highest BCUT2D eigenvalue weighted by atomic mass is 16.4. The molecule has 0 fully saturated rings. The maximum absolute atomic E-state index is 12.0. The second-order valence-corrected chi connectivity index (χ2v) is 5.45. The van der Waals surface area contributed by atoms with E-state index in [0.717, 1.165) is 10.9 Å². The number of fused-ring (bicyclic) bond motifs is 1. The predicted molar refractivity (Wildman–Crippen MR) is 78.8 cm³/mol. The molecule has 21 heavy (non-hydrogen) atoms. The lowest BCUT2D eigenvalue weighted by Gasteiger charge is -2.16. The summed E-state index contributed by atoms with van der Waals surface area (Å²) < 4.78 is 1.57. The third-order valence-electron chi connectivity index (χ3n) is 3.18. The molecule has 2 N–H and O–H groups in total. The van der Waals surface area contributed by atoms with E-state index in [1.165, 1.54) is 0 Å². The van der Waals surface area contributed by atoms with Crippen LogP contribution in [-0.2, 0) is 16.1 Å². The minimum atomic E-state index is -1.01. The normalized spacial score (nSPS) is 12.5.